The first kappa shape index (κ1) is 46.7. The summed E-state index contributed by atoms with van der Waals surface area (Å²) in [6, 6.07) is 0. The minimum Gasteiger partial charge on any atom is -0.541 e. The molecule has 0 atom stereocenters. The Hall–Kier alpha value is -0.637. The first-order chi connectivity index (χ1) is 14.6. The molecule has 0 fully saturated rings. The topological polar surface area (TPSA) is 147 Å². The number of carbonyl (C=O) groups is 2. The Kier molecular flexibility index (Phi) is 39.3. The SMILES string of the molecule is CC(C)(C)O.CC(C)(C)O.CC(C)(C)O.CCOCC(=O)C[C-]=O.CCOCC(=O)C[C-]=O.[Zr+2]. The van der Waals surface area contributed by atoms with E-state index in [0.717, 1.165) is 0 Å². The molecule has 34 heavy (non-hydrogen) atoms. The molecule has 0 aromatic carbocycles. The van der Waals surface area contributed by atoms with Crippen molar-refractivity contribution in [2.24, 2.45) is 0 Å². The molecule has 0 saturated heterocycles. The number of hydrogen-bond acceptors (Lipinski definition) is 9. The van der Waals surface area contributed by atoms with Crippen molar-refractivity contribution in [1.82, 2.24) is 0 Å². The second-order valence-corrected chi connectivity index (χ2v) is 9.51. The van der Waals surface area contributed by atoms with Gasteiger partial charge in [-0.1, -0.05) is 12.8 Å². The first-order valence-corrected chi connectivity index (χ1v) is 10.7. The molecule has 10 heteroatoms. The van der Waals surface area contributed by atoms with E-state index < -0.39 is 16.8 Å². The third-order valence-corrected chi connectivity index (χ3v) is 1.47. The van der Waals surface area contributed by atoms with Gasteiger partial charge in [0.05, 0.1) is 16.8 Å². The van der Waals surface area contributed by atoms with Crippen molar-refractivity contribution >= 4 is 24.1 Å². The molecular weight excluding hydrogens is 523 g/mol. The molecule has 0 spiro atoms. The molecule has 0 radical (unpaired) electrons. The van der Waals surface area contributed by atoms with Crippen LogP contribution >= 0.6 is 0 Å². The number of aliphatic hydroxyl groups is 3. The predicted molar refractivity (Wildman–Crippen MR) is 130 cm³/mol. The van der Waals surface area contributed by atoms with Gasteiger partial charge < -0.3 is 34.4 Å². The normalized spacial score (nSPS) is 10.1. The van der Waals surface area contributed by atoms with Gasteiger partial charge in [-0.2, -0.15) is 0 Å². The van der Waals surface area contributed by atoms with Gasteiger partial charge in [-0.3, -0.25) is 22.2 Å². The fraction of sp³-hybridized carbons (Fsp3) is 0.833. The van der Waals surface area contributed by atoms with E-state index in [1.165, 1.54) is 12.6 Å². The summed E-state index contributed by atoms with van der Waals surface area (Å²) in [7, 11) is 0. The Bertz CT molecular complexity index is 402. The molecule has 0 rings (SSSR count). The van der Waals surface area contributed by atoms with Gasteiger partial charge in [-0.05, 0) is 76.2 Å². The van der Waals surface area contributed by atoms with Gasteiger partial charge in [0, 0.05) is 13.2 Å². The van der Waals surface area contributed by atoms with Gasteiger partial charge in [0.2, 0.25) is 0 Å². The van der Waals surface area contributed by atoms with E-state index in [1.807, 2.05) is 0 Å². The molecule has 3 N–H and O–H groups in total. The number of carbonyl (C=O) groups excluding carboxylic acids is 4. The summed E-state index contributed by atoms with van der Waals surface area (Å²) in [5, 5.41) is 25.6. The minimum atomic E-state index is -0.500. The van der Waals surface area contributed by atoms with E-state index in [2.05, 4.69) is 0 Å². The van der Waals surface area contributed by atoms with E-state index >= 15 is 0 Å². The van der Waals surface area contributed by atoms with Crippen LogP contribution in [0.5, 0.6) is 0 Å². The fourth-order valence-electron chi connectivity index (χ4n) is 0.695. The largest absolute Gasteiger partial charge is 2.00 e. The van der Waals surface area contributed by atoms with Crippen molar-refractivity contribution in [2.45, 2.75) is 106 Å². The number of ketones is 2. The monoisotopic (exact) mass is 570 g/mol. The van der Waals surface area contributed by atoms with Gasteiger partial charge in [0.25, 0.3) is 0 Å². The maximum atomic E-state index is 10.4. The Morgan fingerprint density at radius 3 is 0.912 bits per heavy atom. The molecule has 0 aromatic heterocycles. The summed E-state index contributed by atoms with van der Waals surface area (Å²) in [6.45, 7) is 20.3. The molecule has 0 aromatic rings. The van der Waals surface area contributed by atoms with Crippen molar-refractivity contribution < 1.29 is 70.2 Å². The van der Waals surface area contributed by atoms with Crippen LogP contribution in [0.15, 0.2) is 0 Å². The van der Waals surface area contributed by atoms with Crippen LogP contribution in [-0.4, -0.2) is 82.7 Å². The minimum absolute atomic E-state index is 0. The Balaban J connectivity index is -0.0000000738. The van der Waals surface area contributed by atoms with Crippen LogP contribution in [-0.2, 0) is 54.9 Å². The van der Waals surface area contributed by atoms with Crippen molar-refractivity contribution in [3.05, 3.63) is 0 Å². The zero-order valence-electron chi connectivity index (χ0n) is 23.0. The zero-order valence-corrected chi connectivity index (χ0v) is 25.5. The summed E-state index contributed by atoms with van der Waals surface area (Å²) in [5.41, 5.74) is -1.50. The van der Waals surface area contributed by atoms with Crippen LogP contribution in [0.25, 0.3) is 0 Å². The van der Waals surface area contributed by atoms with Crippen LogP contribution in [0.3, 0.4) is 0 Å². The smallest absolute Gasteiger partial charge is 0.541 e. The van der Waals surface area contributed by atoms with Gasteiger partial charge in [-0.25, -0.2) is 0 Å². The van der Waals surface area contributed by atoms with Crippen LogP contribution in [0.2, 0.25) is 0 Å². The van der Waals surface area contributed by atoms with E-state index in [9.17, 15) is 19.2 Å². The van der Waals surface area contributed by atoms with Crippen molar-refractivity contribution in [3.8, 4) is 0 Å². The molecule has 202 valence electrons. The molecule has 0 saturated carbocycles. The molecule has 0 bridgehead atoms. The zero-order chi connectivity index (χ0) is 27.7. The molecule has 0 heterocycles. The molecular formula is C24H48O9Zr. The summed E-state index contributed by atoms with van der Waals surface area (Å²) in [4.78, 5) is 40.0. The van der Waals surface area contributed by atoms with Crippen molar-refractivity contribution in [2.75, 3.05) is 26.4 Å². The Morgan fingerprint density at radius 2 is 0.794 bits per heavy atom. The number of ether oxygens (including phenoxy) is 2. The molecule has 0 aliphatic rings. The summed E-state index contributed by atoms with van der Waals surface area (Å²) in [5.74, 6) is -0.432. The van der Waals surface area contributed by atoms with Crippen LogP contribution < -0.4 is 0 Å². The quantitative estimate of drug-likeness (QED) is 0.266. The number of hydrogen-bond donors (Lipinski definition) is 3. The van der Waals surface area contributed by atoms with E-state index in [0.29, 0.717) is 13.2 Å². The maximum absolute atomic E-state index is 10.4. The van der Waals surface area contributed by atoms with Gasteiger partial charge >= 0.3 is 26.2 Å². The average Bonchev–Trinajstić information content (AvgIpc) is 2.55. The van der Waals surface area contributed by atoms with Crippen LogP contribution in [0.1, 0.15) is 89.0 Å². The third-order valence-electron chi connectivity index (χ3n) is 1.47. The second kappa shape index (κ2) is 28.6. The Morgan fingerprint density at radius 1 is 0.618 bits per heavy atom. The first-order valence-electron chi connectivity index (χ1n) is 10.7. The summed E-state index contributed by atoms with van der Waals surface area (Å²) in [6.07, 6.45) is 2.69. The van der Waals surface area contributed by atoms with Gasteiger partial charge in [0.15, 0.2) is 0 Å². The van der Waals surface area contributed by atoms with Crippen LogP contribution in [0.4, 0.5) is 0 Å². The summed E-state index contributed by atoms with van der Waals surface area (Å²) < 4.78 is 9.44. The standard InChI is InChI=1S/2C6H9O3.3C4H10O.Zr/c2*1-2-9-5-6(8)3-4-7;3*1-4(2,3)5;/h2*2-3,5H2,1H3;3*5H,1-3H3;/q2*-1;;;;+2. The maximum Gasteiger partial charge on any atom is 2.00 e. The number of Topliss-reactive ketones (excluding diaryl/α,β-unsaturated/α-hetero) is 2. The average molecular weight is 572 g/mol. The molecule has 0 amide bonds. The Labute approximate surface area is 226 Å². The van der Waals surface area contributed by atoms with Crippen molar-refractivity contribution in [3.63, 3.8) is 0 Å². The predicted octanol–water partition coefficient (Wildman–Crippen LogP) is 2.51. The van der Waals surface area contributed by atoms with E-state index in [1.54, 1.807) is 76.2 Å². The molecule has 9 nitrogen and oxygen atoms in total. The van der Waals surface area contributed by atoms with Gasteiger partial charge in [0.1, 0.15) is 24.8 Å². The fourth-order valence-corrected chi connectivity index (χ4v) is 0.695. The summed E-state index contributed by atoms with van der Waals surface area (Å²) >= 11 is 0. The van der Waals surface area contributed by atoms with Gasteiger partial charge in [-0.15, -0.1) is 0 Å². The molecule has 0 aliphatic carbocycles. The third kappa shape index (κ3) is 162. The van der Waals surface area contributed by atoms with Crippen LogP contribution in [0, 0.1) is 0 Å². The second-order valence-electron chi connectivity index (χ2n) is 9.51. The van der Waals surface area contributed by atoms with Crippen molar-refractivity contribution in [1.29, 1.82) is 0 Å². The van der Waals surface area contributed by atoms with E-state index in [-0.39, 0.29) is 63.8 Å². The van der Waals surface area contributed by atoms with E-state index in [4.69, 9.17) is 24.8 Å². The number of rotatable bonds is 10. The molecule has 0 aliphatic heterocycles. The molecule has 0 unspecified atom stereocenters.